The molecule has 1 aromatic carbocycles. The van der Waals surface area contributed by atoms with Gasteiger partial charge >= 0.3 is 0 Å². The van der Waals surface area contributed by atoms with Gasteiger partial charge in [-0.1, -0.05) is 0 Å². The van der Waals surface area contributed by atoms with Crippen molar-refractivity contribution in [2.75, 3.05) is 37.4 Å². The monoisotopic (exact) mass is 306 g/mol. The molecule has 0 bridgehead atoms. The van der Waals surface area contributed by atoms with Crippen molar-refractivity contribution >= 4 is 27.5 Å². The molecular weight excluding hydrogens is 291 g/mol. The molecule has 2 N–H and O–H groups in total. The lowest BCUT2D eigenvalue weighted by atomic mass is 10.3. The molecule has 5 nitrogen and oxygen atoms in total. The predicted molar refractivity (Wildman–Crippen MR) is 73.4 cm³/mol. The van der Waals surface area contributed by atoms with Crippen LogP contribution in [0.1, 0.15) is 0 Å². The van der Waals surface area contributed by atoms with Crippen LogP contribution in [0.15, 0.2) is 17.0 Å². The maximum atomic E-state index is 13.7. The molecule has 0 saturated carbocycles. The minimum atomic E-state index is -3.69. The van der Waals surface area contributed by atoms with E-state index >= 15 is 0 Å². The Balaban J connectivity index is 2.40. The van der Waals surface area contributed by atoms with Crippen LogP contribution in [0.2, 0.25) is 0 Å². The number of rotatable bonds is 3. The zero-order valence-electron chi connectivity index (χ0n) is 10.4. The quantitative estimate of drug-likeness (QED) is 0.848. The van der Waals surface area contributed by atoms with Gasteiger partial charge in [0, 0.05) is 24.6 Å². The van der Waals surface area contributed by atoms with Crippen LogP contribution >= 0.6 is 11.8 Å². The van der Waals surface area contributed by atoms with Crippen molar-refractivity contribution < 1.29 is 17.5 Å². The van der Waals surface area contributed by atoms with Crippen molar-refractivity contribution in [1.82, 2.24) is 4.31 Å². The SMILES string of the molecule is COc1c(N)cc(S(=O)(=O)N2CCSCC2)cc1F. The Hall–Kier alpha value is -0.990. The van der Waals surface area contributed by atoms with E-state index in [4.69, 9.17) is 10.5 Å². The summed E-state index contributed by atoms with van der Waals surface area (Å²) >= 11 is 1.70. The third kappa shape index (κ3) is 2.80. The number of nitrogen functional groups attached to an aromatic ring is 1. The van der Waals surface area contributed by atoms with E-state index in [9.17, 15) is 12.8 Å². The van der Waals surface area contributed by atoms with Gasteiger partial charge in [0.25, 0.3) is 0 Å². The number of sulfonamides is 1. The smallest absolute Gasteiger partial charge is 0.243 e. The fraction of sp³-hybridized carbons (Fsp3) is 0.455. The van der Waals surface area contributed by atoms with Gasteiger partial charge in [0.05, 0.1) is 17.7 Å². The Morgan fingerprint density at radius 1 is 1.37 bits per heavy atom. The summed E-state index contributed by atoms with van der Waals surface area (Å²) in [6.45, 7) is 0.862. The van der Waals surface area contributed by atoms with Gasteiger partial charge in [-0.25, -0.2) is 12.8 Å². The van der Waals surface area contributed by atoms with Crippen LogP contribution in [0.25, 0.3) is 0 Å². The average molecular weight is 306 g/mol. The highest BCUT2D eigenvalue weighted by atomic mass is 32.2. The Kier molecular flexibility index (Phi) is 4.22. The van der Waals surface area contributed by atoms with Crippen LogP contribution in [-0.2, 0) is 10.0 Å². The van der Waals surface area contributed by atoms with Crippen LogP contribution in [0.5, 0.6) is 5.75 Å². The lowest BCUT2D eigenvalue weighted by molar-refractivity contribution is 0.387. The largest absolute Gasteiger partial charge is 0.492 e. The summed E-state index contributed by atoms with van der Waals surface area (Å²) in [5.41, 5.74) is 5.59. The second kappa shape index (κ2) is 5.56. The summed E-state index contributed by atoms with van der Waals surface area (Å²) in [7, 11) is -2.41. The summed E-state index contributed by atoms with van der Waals surface area (Å²) in [5, 5.41) is 0. The lowest BCUT2D eigenvalue weighted by Crippen LogP contribution is -2.37. The molecule has 1 aliphatic heterocycles. The van der Waals surface area contributed by atoms with Gasteiger partial charge in [-0.05, 0) is 12.1 Å². The van der Waals surface area contributed by atoms with Gasteiger partial charge in [0.2, 0.25) is 10.0 Å². The second-order valence-corrected chi connectivity index (χ2v) is 7.21. The molecule has 1 saturated heterocycles. The molecule has 0 aliphatic carbocycles. The number of ether oxygens (including phenoxy) is 1. The van der Waals surface area contributed by atoms with Crippen molar-refractivity contribution in [3.63, 3.8) is 0 Å². The topological polar surface area (TPSA) is 72.6 Å². The third-order valence-electron chi connectivity index (χ3n) is 2.86. The lowest BCUT2D eigenvalue weighted by Gasteiger charge is -2.25. The molecule has 1 aromatic rings. The molecule has 2 rings (SSSR count). The first kappa shape index (κ1) is 14.4. The normalized spacial score (nSPS) is 17.4. The molecule has 1 aliphatic rings. The van der Waals surface area contributed by atoms with Crippen molar-refractivity contribution in [2.45, 2.75) is 4.90 Å². The number of hydrogen-bond acceptors (Lipinski definition) is 5. The van der Waals surface area contributed by atoms with E-state index in [1.165, 1.54) is 17.5 Å². The number of anilines is 1. The minimum absolute atomic E-state index is 0.0209. The van der Waals surface area contributed by atoms with E-state index < -0.39 is 15.8 Å². The van der Waals surface area contributed by atoms with Crippen LogP contribution in [0.3, 0.4) is 0 Å². The van der Waals surface area contributed by atoms with Gasteiger partial charge in [0.1, 0.15) is 0 Å². The molecule has 0 aromatic heterocycles. The predicted octanol–water partition coefficient (Wildman–Crippen LogP) is 1.15. The number of nitrogens with two attached hydrogens (primary N) is 1. The first-order valence-corrected chi connectivity index (χ1v) is 8.27. The molecule has 1 heterocycles. The maximum Gasteiger partial charge on any atom is 0.243 e. The summed E-state index contributed by atoms with van der Waals surface area (Å²) in [4.78, 5) is -0.129. The number of methoxy groups -OCH3 is 1. The molecule has 0 atom stereocenters. The van der Waals surface area contributed by atoms with E-state index in [0.29, 0.717) is 13.1 Å². The van der Waals surface area contributed by atoms with E-state index in [0.717, 1.165) is 17.6 Å². The minimum Gasteiger partial charge on any atom is -0.492 e. The fourth-order valence-corrected chi connectivity index (χ4v) is 4.51. The average Bonchev–Trinajstić information content (AvgIpc) is 2.39. The van der Waals surface area contributed by atoms with Crippen LogP contribution in [0.4, 0.5) is 10.1 Å². The van der Waals surface area contributed by atoms with E-state index in [1.54, 1.807) is 11.8 Å². The number of nitrogens with zero attached hydrogens (tertiary/aromatic N) is 1. The molecule has 19 heavy (non-hydrogen) atoms. The summed E-state index contributed by atoms with van der Waals surface area (Å²) in [6.07, 6.45) is 0. The van der Waals surface area contributed by atoms with E-state index in [2.05, 4.69) is 0 Å². The molecular formula is C11H15FN2O3S2. The third-order valence-corrected chi connectivity index (χ3v) is 5.68. The fourth-order valence-electron chi connectivity index (χ4n) is 1.89. The number of halogens is 1. The van der Waals surface area contributed by atoms with Gasteiger partial charge in [0.15, 0.2) is 11.6 Å². The van der Waals surface area contributed by atoms with Gasteiger partial charge in [-0.15, -0.1) is 0 Å². The van der Waals surface area contributed by atoms with Gasteiger partial charge in [-0.3, -0.25) is 0 Å². The highest BCUT2D eigenvalue weighted by Crippen LogP contribution is 2.30. The molecule has 0 unspecified atom stereocenters. The summed E-state index contributed by atoms with van der Waals surface area (Å²) in [5.74, 6) is 0.585. The van der Waals surface area contributed by atoms with Gasteiger partial charge < -0.3 is 10.5 Å². The van der Waals surface area contributed by atoms with Crippen LogP contribution in [0, 0.1) is 5.82 Å². The zero-order chi connectivity index (χ0) is 14.0. The highest BCUT2D eigenvalue weighted by molar-refractivity contribution is 7.99. The standard InChI is InChI=1S/C11H15FN2O3S2/c1-17-11-9(12)6-8(7-10(11)13)19(15,16)14-2-4-18-5-3-14/h6-7H,2-5,13H2,1H3. The molecule has 0 amide bonds. The van der Waals surface area contributed by atoms with E-state index in [-0.39, 0.29) is 16.3 Å². The van der Waals surface area contributed by atoms with Crippen molar-refractivity contribution in [1.29, 1.82) is 0 Å². The van der Waals surface area contributed by atoms with Crippen molar-refractivity contribution in [2.24, 2.45) is 0 Å². The van der Waals surface area contributed by atoms with Crippen LogP contribution < -0.4 is 10.5 Å². The Labute approximate surface area is 116 Å². The Bertz CT molecular complexity index is 548. The van der Waals surface area contributed by atoms with Crippen molar-refractivity contribution in [3.8, 4) is 5.75 Å². The Morgan fingerprint density at radius 2 is 2.00 bits per heavy atom. The van der Waals surface area contributed by atoms with Crippen LogP contribution in [-0.4, -0.2) is 44.4 Å². The van der Waals surface area contributed by atoms with E-state index in [1.807, 2.05) is 0 Å². The molecule has 106 valence electrons. The molecule has 0 spiro atoms. The zero-order valence-corrected chi connectivity index (χ0v) is 12.1. The summed E-state index contributed by atoms with van der Waals surface area (Å²) in [6, 6.07) is 2.19. The van der Waals surface area contributed by atoms with Crippen molar-refractivity contribution in [3.05, 3.63) is 17.9 Å². The summed E-state index contributed by atoms with van der Waals surface area (Å²) < 4.78 is 44.5. The molecule has 1 fully saturated rings. The number of thioether (sulfide) groups is 1. The van der Waals surface area contributed by atoms with Gasteiger partial charge in [-0.2, -0.15) is 16.1 Å². The molecule has 8 heteroatoms. The molecule has 0 radical (unpaired) electrons. The first-order valence-electron chi connectivity index (χ1n) is 5.67. The maximum absolute atomic E-state index is 13.7. The second-order valence-electron chi connectivity index (χ2n) is 4.04. The first-order chi connectivity index (χ1) is 8.96. The highest BCUT2D eigenvalue weighted by Gasteiger charge is 2.27. The number of hydrogen-bond donors (Lipinski definition) is 1. The number of benzene rings is 1. The Morgan fingerprint density at radius 3 is 2.53 bits per heavy atom.